The van der Waals surface area contributed by atoms with Crippen molar-refractivity contribution in [1.82, 2.24) is 19.7 Å². The van der Waals surface area contributed by atoms with Crippen LogP contribution in [0.1, 0.15) is 15.9 Å². The predicted molar refractivity (Wildman–Crippen MR) is 127 cm³/mol. The van der Waals surface area contributed by atoms with E-state index in [-0.39, 0.29) is 17.2 Å². The zero-order valence-electron chi connectivity index (χ0n) is 16.8. The van der Waals surface area contributed by atoms with E-state index in [4.69, 9.17) is 17.3 Å². The second-order valence-corrected chi connectivity index (χ2v) is 8.89. The Morgan fingerprint density at radius 1 is 1.19 bits per heavy atom. The van der Waals surface area contributed by atoms with Crippen molar-refractivity contribution in [2.75, 3.05) is 11.1 Å². The van der Waals surface area contributed by atoms with Crippen molar-refractivity contribution in [3.63, 3.8) is 0 Å². The fourth-order valence-electron chi connectivity index (χ4n) is 3.00. The zero-order valence-corrected chi connectivity index (χ0v) is 19.2. The monoisotopic (exact) mass is 484 g/mol. The zero-order chi connectivity index (χ0) is 22.7. The molecular weight excluding hydrogens is 468 g/mol. The Hall–Kier alpha value is -3.21. The lowest BCUT2D eigenvalue weighted by Crippen LogP contribution is -2.18. The van der Waals surface area contributed by atoms with Crippen molar-refractivity contribution in [2.45, 2.75) is 12.1 Å². The van der Waals surface area contributed by atoms with Crippen LogP contribution in [-0.2, 0) is 4.79 Å². The maximum absolute atomic E-state index is 12.5. The highest BCUT2D eigenvalue weighted by atomic mass is 35.5. The minimum Gasteiger partial charge on any atom is -0.366 e. The first-order chi connectivity index (χ1) is 15.5. The lowest BCUT2D eigenvalue weighted by atomic mass is 10.2. The van der Waals surface area contributed by atoms with E-state index in [1.54, 1.807) is 23.8 Å². The van der Waals surface area contributed by atoms with E-state index in [9.17, 15) is 9.59 Å². The number of halogens is 1. The van der Waals surface area contributed by atoms with Gasteiger partial charge >= 0.3 is 0 Å². The van der Waals surface area contributed by atoms with Crippen LogP contribution in [-0.4, -0.2) is 37.3 Å². The number of carbonyl (C=O) groups is 2. The molecule has 0 aliphatic heterocycles. The van der Waals surface area contributed by atoms with Crippen LogP contribution in [0.15, 0.2) is 59.3 Å². The summed E-state index contributed by atoms with van der Waals surface area (Å²) in [5.74, 6) is -0.213. The van der Waals surface area contributed by atoms with Gasteiger partial charge in [-0.3, -0.25) is 19.1 Å². The molecule has 3 heterocycles. The fraction of sp³-hybridized carbons (Fsp3) is 0.0952. The number of primary amides is 1. The van der Waals surface area contributed by atoms with E-state index in [1.807, 2.05) is 41.8 Å². The van der Waals surface area contributed by atoms with Gasteiger partial charge in [-0.25, -0.2) is 0 Å². The molecule has 3 N–H and O–H groups in total. The molecule has 0 bridgehead atoms. The number of hydrogen-bond donors (Lipinski definition) is 2. The van der Waals surface area contributed by atoms with Gasteiger partial charge in [-0.1, -0.05) is 29.4 Å². The van der Waals surface area contributed by atoms with Crippen LogP contribution >= 0.6 is 34.7 Å². The molecule has 3 aromatic heterocycles. The quantitative estimate of drug-likeness (QED) is 0.380. The van der Waals surface area contributed by atoms with Gasteiger partial charge in [-0.2, -0.15) is 0 Å². The number of nitrogens with two attached hydrogens (primary N) is 1. The molecule has 0 aliphatic rings. The van der Waals surface area contributed by atoms with Crippen molar-refractivity contribution in [3.05, 3.63) is 70.3 Å². The summed E-state index contributed by atoms with van der Waals surface area (Å²) in [6, 6.07) is 10.8. The Kier molecular flexibility index (Phi) is 6.54. The average Bonchev–Trinajstić information content (AvgIpc) is 3.42. The molecule has 8 nitrogen and oxygen atoms in total. The number of rotatable bonds is 7. The van der Waals surface area contributed by atoms with Crippen molar-refractivity contribution >= 4 is 51.5 Å². The standard InChI is InChI=1S/C21H17ClN6O2S2/c1-12-15(22)3-2-4-16(12)28-19(13-5-8-24-9-6-13)26-27-21(28)32-11-17(29)25-20-14(18(23)30)7-10-31-20/h2-10H,11H2,1H3,(H2,23,30)(H,25,29). The van der Waals surface area contributed by atoms with Crippen LogP contribution < -0.4 is 11.1 Å². The lowest BCUT2D eigenvalue weighted by Gasteiger charge is -2.13. The number of amides is 2. The number of thioether (sulfide) groups is 1. The molecule has 0 saturated carbocycles. The smallest absolute Gasteiger partial charge is 0.251 e. The number of pyridine rings is 1. The van der Waals surface area contributed by atoms with Crippen molar-refractivity contribution in [3.8, 4) is 17.1 Å². The Morgan fingerprint density at radius 2 is 1.97 bits per heavy atom. The van der Waals surface area contributed by atoms with Crippen LogP contribution in [0.4, 0.5) is 5.00 Å². The van der Waals surface area contributed by atoms with E-state index >= 15 is 0 Å². The Bertz CT molecular complexity index is 1290. The molecule has 0 spiro atoms. The van der Waals surface area contributed by atoms with Crippen LogP contribution in [0.5, 0.6) is 0 Å². The van der Waals surface area contributed by atoms with Crippen LogP contribution in [0.2, 0.25) is 5.02 Å². The summed E-state index contributed by atoms with van der Waals surface area (Å²) in [5, 5.41) is 14.7. The maximum atomic E-state index is 12.5. The van der Waals surface area contributed by atoms with E-state index in [2.05, 4.69) is 20.5 Å². The molecule has 32 heavy (non-hydrogen) atoms. The highest BCUT2D eigenvalue weighted by Gasteiger charge is 2.20. The third-order valence-corrected chi connectivity index (χ3v) is 6.74. The second kappa shape index (κ2) is 9.51. The first-order valence-electron chi connectivity index (χ1n) is 9.37. The van der Waals surface area contributed by atoms with E-state index < -0.39 is 5.91 Å². The molecular formula is C21H17ClN6O2S2. The molecule has 11 heteroatoms. The summed E-state index contributed by atoms with van der Waals surface area (Å²) in [4.78, 5) is 28.1. The van der Waals surface area contributed by atoms with Crippen LogP contribution in [0.3, 0.4) is 0 Å². The van der Waals surface area contributed by atoms with Gasteiger partial charge < -0.3 is 11.1 Å². The normalized spacial score (nSPS) is 10.8. The number of aromatic nitrogens is 4. The number of thiophene rings is 1. The Balaban J connectivity index is 1.63. The molecule has 2 amide bonds. The summed E-state index contributed by atoms with van der Waals surface area (Å²) in [6.07, 6.45) is 3.35. The van der Waals surface area contributed by atoms with Crippen LogP contribution in [0, 0.1) is 6.92 Å². The van der Waals surface area contributed by atoms with Crippen molar-refractivity contribution in [2.24, 2.45) is 5.73 Å². The topological polar surface area (TPSA) is 116 Å². The maximum Gasteiger partial charge on any atom is 0.251 e. The predicted octanol–water partition coefficient (Wildman–Crippen LogP) is 4.18. The summed E-state index contributed by atoms with van der Waals surface area (Å²) < 4.78 is 1.87. The summed E-state index contributed by atoms with van der Waals surface area (Å²) in [6.45, 7) is 1.91. The molecule has 1 aromatic carbocycles. The third-order valence-electron chi connectivity index (χ3n) is 4.57. The van der Waals surface area contributed by atoms with Gasteiger partial charge in [0.1, 0.15) is 5.00 Å². The first-order valence-corrected chi connectivity index (χ1v) is 11.6. The molecule has 4 aromatic rings. The Labute approximate surface area is 196 Å². The van der Waals surface area contributed by atoms with Gasteiger partial charge in [0.05, 0.1) is 17.0 Å². The number of nitrogens with zero attached hydrogens (tertiary/aromatic N) is 4. The average molecular weight is 485 g/mol. The number of carbonyl (C=O) groups excluding carboxylic acids is 2. The molecule has 162 valence electrons. The highest BCUT2D eigenvalue weighted by Crippen LogP contribution is 2.32. The second-order valence-electron chi connectivity index (χ2n) is 6.63. The SMILES string of the molecule is Cc1c(Cl)cccc1-n1c(SCC(=O)Nc2sccc2C(N)=O)nnc1-c1ccncc1. The lowest BCUT2D eigenvalue weighted by molar-refractivity contribution is -0.113. The molecule has 0 unspecified atom stereocenters. The number of hydrogen-bond acceptors (Lipinski definition) is 7. The molecule has 4 rings (SSSR count). The van der Waals surface area contributed by atoms with E-state index in [0.29, 0.717) is 21.0 Å². The van der Waals surface area contributed by atoms with Gasteiger partial charge in [-0.15, -0.1) is 21.5 Å². The number of anilines is 1. The minimum absolute atomic E-state index is 0.0597. The Morgan fingerprint density at radius 3 is 2.72 bits per heavy atom. The highest BCUT2D eigenvalue weighted by molar-refractivity contribution is 7.99. The fourth-order valence-corrected chi connectivity index (χ4v) is 4.72. The van der Waals surface area contributed by atoms with E-state index in [1.165, 1.54) is 23.1 Å². The molecule has 0 fully saturated rings. The van der Waals surface area contributed by atoms with Crippen molar-refractivity contribution in [1.29, 1.82) is 0 Å². The summed E-state index contributed by atoms with van der Waals surface area (Å²) in [5.41, 5.74) is 8.13. The van der Waals surface area contributed by atoms with Gasteiger partial charge in [0.2, 0.25) is 5.91 Å². The van der Waals surface area contributed by atoms with Gasteiger partial charge in [0.15, 0.2) is 11.0 Å². The number of nitrogens with one attached hydrogen (secondary N) is 1. The molecule has 0 saturated heterocycles. The molecule has 0 atom stereocenters. The van der Waals surface area contributed by atoms with E-state index in [0.717, 1.165) is 16.8 Å². The molecule has 0 radical (unpaired) electrons. The summed E-state index contributed by atoms with van der Waals surface area (Å²) in [7, 11) is 0. The minimum atomic E-state index is -0.590. The van der Waals surface area contributed by atoms with Gasteiger partial charge in [-0.05, 0) is 48.2 Å². The van der Waals surface area contributed by atoms with Crippen molar-refractivity contribution < 1.29 is 9.59 Å². The number of benzene rings is 1. The summed E-state index contributed by atoms with van der Waals surface area (Å²) >= 11 is 8.82. The first kappa shape index (κ1) is 22.0. The third kappa shape index (κ3) is 4.52. The largest absolute Gasteiger partial charge is 0.366 e. The molecule has 0 aliphatic carbocycles. The van der Waals surface area contributed by atoms with Crippen LogP contribution in [0.25, 0.3) is 17.1 Å². The van der Waals surface area contributed by atoms with Gasteiger partial charge in [0, 0.05) is 23.0 Å². The van der Waals surface area contributed by atoms with Gasteiger partial charge in [0.25, 0.3) is 5.91 Å².